The van der Waals surface area contributed by atoms with E-state index in [0.717, 1.165) is 39.9 Å². The number of nitrogens with zero attached hydrogens (tertiary/aromatic N) is 2. The van der Waals surface area contributed by atoms with Gasteiger partial charge in [-0.3, -0.25) is 14.4 Å². The molecule has 1 unspecified atom stereocenters. The van der Waals surface area contributed by atoms with Gasteiger partial charge in [-0.15, -0.1) is 11.3 Å². The normalized spacial score (nSPS) is 18.8. The zero-order valence-corrected chi connectivity index (χ0v) is 33.3. The van der Waals surface area contributed by atoms with Crippen molar-refractivity contribution in [3.63, 3.8) is 0 Å². The summed E-state index contributed by atoms with van der Waals surface area (Å²) in [4.78, 5) is 46.8. The van der Waals surface area contributed by atoms with Crippen molar-refractivity contribution in [2.75, 3.05) is 18.5 Å². The number of alkyl halides is 2. The highest BCUT2D eigenvalue weighted by atomic mass is 79.9. The van der Waals surface area contributed by atoms with Crippen LogP contribution in [0.5, 0.6) is 5.75 Å². The number of halogens is 2. The second-order valence-corrected chi connectivity index (χ2v) is 17.0. The smallest absolute Gasteiger partial charge is 0.258 e. The number of carbonyl (C=O) groups excluding carboxylic acids is 3. The maximum atomic E-state index is 14.5. The third-order valence-electron chi connectivity index (χ3n) is 9.91. The molecule has 51 heavy (non-hydrogen) atoms. The minimum Gasteiger partial charge on any atom is -0.493 e. The van der Waals surface area contributed by atoms with E-state index in [1.807, 2.05) is 30.6 Å². The topological polar surface area (TPSA) is 121 Å². The maximum Gasteiger partial charge on any atom is 0.258 e. The van der Waals surface area contributed by atoms with Crippen LogP contribution >= 0.6 is 27.3 Å². The van der Waals surface area contributed by atoms with E-state index in [0.29, 0.717) is 12.4 Å². The Labute approximate surface area is 316 Å². The number of aryl methyl sites for hydroxylation is 1. The standard InChI is InChI=1S/C39H58BrFN4O5S/c1-27-33(51-26-43-27)28-16-17-29(32(22-28)50-21-15-13-11-9-7-5-6-8-10-12-14-20-40)24-42-35(47)31-23-30(46)25-45(31)36(48)34(38(2,3)4)44-37(49)39(41)18-19-39/h16-17,22,26,30-31,34,46H,5-15,18-21,23-25H2,1-4H3,(H,42,47)(H,44,49)/t30-,31+,34?/m1/s1. The molecule has 1 aromatic carbocycles. The van der Waals surface area contributed by atoms with E-state index in [1.165, 1.54) is 62.7 Å². The first kappa shape index (κ1) is 41.2. The Morgan fingerprint density at radius 3 is 2.25 bits per heavy atom. The van der Waals surface area contributed by atoms with Crippen LogP contribution < -0.4 is 15.4 Å². The number of ether oxygens (including phenoxy) is 1. The molecule has 2 aromatic rings. The van der Waals surface area contributed by atoms with Crippen LogP contribution in [0.4, 0.5) is 4.39 Å². The number of hydrogen-bond donors (Lipinski definition) is 3. The van der Waals surface area contributed by atoms with Gasteiger partial charge in [0.25, 0.3) is 5.91 Å². The average molecular weight is 794 g/mol. The molecule has 1 saturated heterocycles. The zero-order valence-electron chi connectivity index (χ0n) is 30.9. The number of aromatic nitrogens is 1. The molecule has 0 radical (unpaired) electrons. The maximum absolute atomic E-state index is 14.5. The van der Waals surface area contributed by atoms with Gasteiger partial charge in [-0.05, 0) is 49.7 Å². The summed E-state index contributed by atoms with van der Waals surface area (Å²) in [6.45, 7) is 8.01. The van der Waals surface area contributed by atoms with Crippen LogP contribution in [-0.4, -0.2) is 75.1 Å². The van der Waals surface area contributed by atoms with Gasteiger partial charge in [0, 0.05) is 30.4 Å². The summed E-state index contributed by atoms with van der Waals surface area (Å²) in [5, 5.41) is 17.2. The molecular weight excluding hydrogens is 735 g/mol. The summed E-state index contributed by atoms with van der Waals surface area (Å²) in [6, 6.07) is 3.97. The van der Waals surface area contributed by atoms with E-state index in [2.05, 4.69) is 31.5 Å². The third-order valence-corrected chi connectivity index (χ3v) is 11.5. The molecule has 9 nitrogen and oxygen atoms in total. The molecule has 1 aliphatic heterocycles. The number of aliphatic hydroxyl groups excluding tert-OH is 1. The van der Waals surface area contributed by atoms with Gasteiger partial charge in [0.15, 0.2) is 5.67 Å². The van der Waals surface area contributed by atoms with Crippen molar-refractivity contribution in [1.82, 2.24) is 20.5 Å². The molecule has 3 amide bonds. The molecule has 2 fully saturated rings. The molecule has 284 valence electrons. The number of hydrogen-bond acceptors (Lipinski definition) is 7. The van der Waals surface area contributed by atoms with Crippen molar-refractivity contribution in [2.45, 2.75) is 148 Å². The van der Waals surface area contributed by atoms with Gasteiger partial charge in [0.2, 0.25) is 11.8 Å². The quantitative estimate of drug-likeness (QED) is 0.0877. The van der Waals surface area contributed by atoms with Crippen LogP contribution in [0.3, 0.4) is 0 Å². The number of benzene rings is 1. The van der Waals surface area contributed by atoms with E-state index < -0.39 is 47.0 Å². The van der Waals surface area contributed by atoms with Crippen LogP contribution in [0.15, 0.2) is 23.7 Å². The van der Waals surface area contributed by atoms with Crippen LogP contribution in [0.1, 0.15) is 122 Å². The number of amides is 3. The minimum absolute atomic E-state index is 0.0466. The molecule has 1 aromatic heterocycles. The van der Waals surface area contributed by atoms with E-state index in [1.54, 1.807) is 32.1 Å². The average Bonchev–Trinajstić information content (AvgIpc) is 3.50. The predicted octanol–water partition coefficient (Wildman–Crippen LogP) is 7.79. The molecule has 2 heterocycles. The lowest BCUT2D eigenvalue weighted by molar-refractivity contribution is -0.145. The van der Waals surface area contributed by atoms with Gasteiger partial charge in [-0.25, -0.2) is 9.37 Å². The molecule has 12 heteroatoms. The van der Waals surface area contributed by atoms with Crippen molar-refractivity contribution < 1.29 is 28.6 Å². The van der Waals surface area contributed by atoms with Gasteiger partial charge >= 0.3 is 0 Å². The molecule has 1 saturated carbocycles. The molecule has 3 N–H and O–H groups in total. The fraction of sp³-hybridized carbons (Fsp3) is 0.692. The highest BCUT2D eigenvalue weighted by molar-refractivity contribution is 9.09. The molecule has 2 aliphatic rings. The Morgan fingerprint density at radius 2 is 1.69 bits per heavy atom. The fourth-order valence-corrected chi connectivity index (χ4v) is 7.74. The Kier molecular flexibility index (Phi) is 15.7. The number of β-amino-alcohol motifs (C(OH)–C–C–N with tert-alkyl or cyclic N) is 1. The van der Waals surface area contributed by atoms with E-state index in [4.69, 9.17) is 4.74 Å². The number of unbranched alkanes of at least 4 members (excludes halogenated alkanes) is 10. The predicted molar refractivity (Wildman–Crippen MR) is 205 cm³/mol. The Bertz CT molecular complexity index is 1440. The van der Waals surface area contributed by atoms with Gasteiger partial charge in [0.1, 0.15) is 17.8 Å². The molecule has 1 aliphatic carbocycles. The van der Waals surface area contributed by atoms with E-state index in [9.17, 15) is 23.9 Å². The first-order chi connectivity index (χ1) is 24.3. The highest BCUT2D eigenvalue weighted by Gasteiger charge is 2.53. The Hall–Kier alpha value is -2.57. The summed E-state index contributed by atoms with van der Waals surface area (Å²) < 4.78 is 20.9. The SMILES string of the molecule is Cc1ncsc1-c1ccc(CNC(=O)[C@@H]2C[C@@H](O)CN2C(=O)C(NC(=O)C2(F)CC2)C(C)(C)C)c(OCCCCCCCCCCCCCBr)c1. The van der Waals surface area contributed by atoms with Crippen molar-refractivity contribution in [3.05, 3.63) is 35.0 Å². The molecular formula is C39H58BrFN4O5S. The molecule has 0 spiro atoms. The number of carbonyl (C=O) groups is 3. The third kappa shape index (κ3) is 12.2. The summed E-state index contributed by atoms with van der Waals surface area (Å²) in [7, 11) is 0. The van der Waals surface area contributed by atoms with Gasteiger partial charge in [-0.2, -0.15) is 0 Å². The number of aliphatic hydroxyl groups is 1. The number of thiazole rings is 1. The summed E-state index contributed by atoms with van der Waals surface area (Å²) in [6.07, 6.45) is 13.1. The van der Waals surface area contributed by atoms with Gasteiger partial charge < -0.3 is 25.4 Å². The first-order valence-electron chi connectivity index (χ1n) is 18.8. The van der Waals surface area contributed by atoms with Crippen LogP contribution in [0, 0.1) is 12.3 Å². The van der Waals surface area contributed by atoms with Crippen LogP contribution in [0.25, 0.3) is 10.4 Å². The van der Waals surface area contributed by atoms with Crippen LogP contribution in [0.2, 0.25) is 0 Å². The lowest BCUT2D eigenvalue weighted by atomic mass is 9.85. The first-order valence-corrected chi connectivity index (χ1v) is 20.8. The summed E-state index contributed by atoms with van der Waals surface area (Å²) >= 11 is 5.07. The largest absolute Gasteiger partial charge is 0.493 e. The number of nitrogens with one attached hydrogen (secondary N) is 2. The summed E-state index contributed by atoms with van der Waals surface area (Å²) in [5.41, 5.74) is 1.89. The fourth-order valence-electron chi connectivity index (χ4n) is 6.54. The second kappa shape index (κ2) is 19.5. The lowest BCUT2D eigenvalue weighted by Gasteiger charge is -2.35. The summed E-state index contributed by atoms with van der Waals surface area (Å²) in [5.74, 6) is -1.03. The van der Waals surface area contributed by atoms with Gasteiger partial charge in [0.05, 0.1) is 28.8 Å². The van der Waals surface area contributed by atoms with Crippen molar-refractivity contribution in [3.8, 4) is 16.2 Å². The highest BCUT2D eigenvalue weighted by Crippen LogP contribution is 2.40. The van der Waals surface area contributed by atoms with E-state index in [-0.39, 0.29) is 32.4 Å². The zero-order chi connectivity index (χ0) is 37.0. The van der Waals surface area contributed by atoms with Gasteiger partial charge in [-0.1, -0.05) is 107 Å². The second-order valence-electron chi connectivity index (χ2n) is 15.4. The molecule has 0 bridgehead atoms. The number of rotatable bonds is 21. The lowest BCUT2D eigenvalue weighted by Crippen LogP contribution is -2.59. The van der Waals surface area contributed by atoms with E-state index >= 15 is 0 Å². The van der Waals surface area contributed by atoms with Crippen molar-refractivity contribution in [2.24, 2.45) is 5.41 Å². The monoisotopic (exact) mass is 792 g/mol. The Balaban J connectivity index is 1.33. The minimum atomic E-state index is -1.94. The van der Waals surface area contributed by atoms with Crippen molar-refractivity contribution >= 4 is 45.0 Å². The number of likely N-dealkylation sites (tertiary alicyclic amines) is 1. The van der Waals surface area contributed by atoms with Crippen molar-refractivity contribution in [1.29, 1.82) is 0 Å². The molecule has 4 rings (SSSR count). The Morgan fingerprint density at radius 1 is 1.06 bits per heavy atom. The molecule has 3 atom stereocenters. The van der Waals surface area contributed by atoms with Crippen LogP contribution in [-0.2, 0) is 20.9 Å².